The smallest absolute Gasteiger partial charge is 0.295 e. The number of halogens is 1. The summed E-state index contributed by atoms with van der Waals surface area (Å²) in [6, 6.07) is 5.58. The fourth-order valence-corrected chi connectivity index (χ4v) is 1.95. The van der Waals surface area contributed by atoms with Crippen molar-refractivity contribution in [2.24, 2.45) is 0 Å². The molecule has 0 aromatic carbocycles. The zero-order valence-electron chi connectivity index (χ0n) is 9.42. The van der Waals surface area contributed by atoms with Crippen LogP contribution in [0.1, 0.15) is 5.56 Å². The number of nitrogens with zero attached hydrogens (tertiary/aromatic N) is 3. The van der Waals surface area contributed by atoms with Crippen molar-refractivity contribution in [3.8, 4) is 23.2 Å². The van der Waals surface area contributed by atoms with E-state index in [9.17, 15) is 0 Å². The Hall–Kier alpha value is -1.95. The lowest BCUT2D eigenvalue weighted by Crippen LogP contribution is -1.88. The van der Waals surface area contributed by atoms with Gasteiger partial charge in [-0.1, -0.05) is 11.2 Å². The van der Waals surface area contributed by atoms with Crippen molar-refractivity contribution in [3.63, 3.8) is 0 Å². The second kappa shape index (κ2) is 4.38. The molecule has 6 heteroatoms. The maximum atomic E-state index is 5.27. The van der Waals surface area contributed by atoms with Gasteiger partial charge in [-0.25, -0.2) is 0 Å². The normalized spacial score (nSPS) is 10.8. The lowest BCUT2D eigenvalue weighted by Gasteiger charge is -1.96. The van der Waals surface area contributed by atoms with E-state index in [0.29, 0.717) is 23.2 Å². The largest absolute Gasteiger partial charge is 0.458 e. The van der Waals surface area contributed by atoms with E-state index in [1.807, 2.05) is 19.1 Å². The molecule has 0 saturated heterocycles. The third-order valence-electron chi connectivity index (χ3n) is 2.46. The van der Waals surface area contributed by atoms with Gasteiger partial charge >= 0.3 is 0 Å². The van der Waals surface area contributed by atoms with E-state index in [0.717, 1.165) is 10.0 Å². The Balaban J connectivity index is 2.05. The van der Waals surface area contributed by atoms with Crippen molar-refractivity contribution in [2.45, 2.75) is 6.92 Å². The minimum atomic E-state index is 0.326. The van der Waals surface area contributed by atoms with Crippen LogP contribution in [0, 0.1) is 6.92 Å². The molecule has 0 aliphatic rings. The summed E-state index contributed by atoms with van der Waals surface area (Å²) in [6.45, 7) is 1.95. The number of hydrogen-bond acceptors (Lipinski definition) is 5. The fourth-order valence-electron chi connectivity index (χ4n) is 1.58. The van der Waals surface area contributed by atoms with Crippen LogP contribution in [0.2, 0.25) is 0 Å². The van der Waals surface area contributed by atoms with Gasteiger partial charge in [-0.3, -0.25) is 4.98 Å². The zero-order valence-corrected chi connectivity index (χ0v) is 11.0. The van der Waals surface area contributed by atoms with Gasteiger partial charge < -0.3 is 8.94 Å². The molecule has 0 saturated carbocycles. The minimum Gasteiger partial charge on any atom is -0.458 e. The van der Waals surface area contributed by atoms with Crippen LogP contribution in [0.15, 0.2) is 44.1 Å². The van der Waals surface area contributed by atoms with Gasteiger partial charge in [0.15, 0.2) is 0 Å². The molecule has 0 aliphatic carbocycles. The van der Waals surface area contributed by atoms with E-state index >= 15 is 0 Å². The molecule has 0 unspecified atom stereocenters. The fraction of sp³-hybridized carbons (Fsp3) is 0.0833. The second-order valence-corrected chi connectivity index (χ2v) is 4.54. The SMILES string of the molecule is Cc1cccnc1-c1noc(-c2occc2Br)n1. The molecule has 0 radical (unpaired) electrons. The lowest BCUT2D eigenvalue weighted by molar-refractivity contribution is 0.416. The molecule has 0 spiro atoms. The summed E-state index contributed by atoms with van der Waals surface area (Å²) in [6.07, 6.45) is 3.25. The third-order valence-corrected chi connectivity index (χ3v) is 3.08. The molecule has 0 atom stereocenters. The average Bonchev–Trinajstić information content (AvgIpc) is 2.98. The highest BCUT2D eigenvalue weighted by Crippen LogP contribution is 2.29. The van der Waals surface area contributed by atoms with E-state index in [2.05, 4.69) is 31.1 Å². The van der Waals surface area contributed by atoms with Crippen LogP contribution in [-0.4, -0.2) is 15.1 Å². The molecule has 90 valence electrons. The zero-order chi connectivity index (χ0) is 12.5. The van der Waals surface area contributed by atoms with Crippen LogP contribution in [-0.2, 0) is 0 Å². The Labute approximate surface area is 111 Å². The summed E-state index contributed by atoms with van der Waals surface area (Å²) in [5, 5.41) is 3.91. The quantitative estimate of drug-likeness (QED) is 0.725. The monoisotopic (exact) mass is 305 g/mol. The molecule has 0 amide bonds. The molecule has 0 N–H and O–H groups in total. The van der Waals surface area contributed by atoms with Crippen molar-refractivity contribution in [1.82, 2.24) is 15.1 Å². The summed E-state index contributed by atoms with van der Waals surface area (Å²) < 4.78 is 11.2. The number of pyridine rings is 1. The van der Waals surface area contributed by atoms with Gasteiger partial charge in [0.1, 0.15) is 5.69 Å². The molecule has 3 heterocycles. The Morgan fingerprint density at radius 1 is 1.28 bits per heavy atom. The number of aromatic nitrogens is 3. The summed E-state index contributed by atoms with van der Waals surface area (Å²) >= 11 is 3.35. The topological polar surface area (TPSA) is 65.0 Å². The van der Waals surface area contributed by atoms with Crippen molar-refractivity contribution < 1.29 is 8.94 Å². The van der Waals surface area contributed by atoms with Crippen molar-refractivity contribution in [1.29, 1.82) is 0 Å². The van der Waals surface area contributed by atoms with E-state index < -0.39 is 0 Å². The third kappa shape index (κ3) is 1.84. The van der Waals surface area contributed by atoms with Crippen molar-refractivity contribution >= 4 is 15.9 Å². The Bertz CT molecular complexity index is 690. The molecular weight excluding hydrogens is 298 g/mol. The van der Waals surface area contributed by atoms with Crippen LogP contribution in [0.5, 0.6) is 0 Å². The van der Waals surface area contributed by atoms with Gasteiger partial charge in [0.05, 0.1) is 10.7 Å². The summed E-state index contributed by atoms with van der Waals surface area (Å²) in [4.78, 5) is 8.52. The summed E-state index contributed by atoms with van der Waals surface area (Å²) in [7, 11) is 0. The van der Waals surface area contributed by atoms with Crippen LogP contribution in [0.25, 0.3) is 23.2 Å². The first-order valence-electron chi connectivity index (χ1n) is 5.25. The Morgan fingerprint density at radius 2 is 2.17 bits per heavy atom. The van der Waals surface area contributed by atoms with Gasteiger partial charge in [-0.2, -0.15) is 4.98 Å². The molecule has 0 fully saturated rings. The predicted molar refractivity (Wildman–Crippen MR) is 67.7 cm³/mol. The first kappa shape index (κ1) is 11.2. The summed E-state index contributed by atoms with van der Waals surface area (Å²) in [5.74, 6) is 1.29. The van der Waals surface area contributed by atoms with Crippen LogP contribution in [0.3, 0.4) is 0 Å². The van der Waals surface area contributed by atoms with Gasteiger partial charge in [0.2, 0.25) is 11.6 Å². The minimum absolute atomic E-state index is 0.326. The number of aryl methyl sites for hydroxylation is 1. The Morgan fingerprint density at radius 3 is 2.89 bits per heavy atom. The molecule has 3 aromatic heterocycles. The lowest BCUT2D eigenvalue weighted by atomic mass is 10.2. The average molecular weight is 306 g/mol. The first-order chi connectivity index (χ1) is 8.75. The number of hydrogen-bond donors (Lipinski definition) is 0. The highest BCUT2D eigenvalue weighted by Gasteiger charge is 2.17. The number of rotatable bonds is 2. The van der Waals surface area contributed by atoms with E-state index in [1.165, 1.54) is 0 Å². The molecular formula is C12H8BrN3O2. The maximum Gasteiger partial charge on any atom is 0.295 e. The van der Waals surface area contributed by atoms with Crippen LogP contribution in [0.4, 0.5) is 0 Å². The van der Waals surface area contributed by atoms with Gasteiger partial charge in [0.25, 0.3) is 5.89 Å². The maximum absolute atomic E-state index is 5.27. The molecule has 3 rings (SSSR count). The van der Waals surface area contributed by atoms with Gasteiger partial charge in [0, 0.05) is 6.20 Å². The van der Waals surface area contributed by atoms with Crippen LogP contribution < -0.4 is 0 Å². The van der Waals surface area contributed by atoms with E-state index in [-0.39, 0.29) is 0 Å². The second-order valence-electron chi connectivity index (χ2n) is 3.69. The predicted octanol–water partition coefficient (Wildman–Crippen LogP) is 3.46. The molecule has 5 nitrogen and oxygen atoms in total. The summed E-state index contributed by atoms with van der Waals surface area (Å²) in [5.41, 5.74) is 1.69. The highest BCUT2D eigenvalue weighted by molar-refractivity contribution is 9.10. The van der Waals surface area contributed by atoms with Crippen molar-refractivity contribution in [2.75, 3.05) is 0 Å². The Kier molecular flexibility index (Phi) is 2.71. The number of furan rings is 1. The molecule has 18 heavy (non-hydrogen) atoms. The van der Waals surface area contributed by atoms with Crippen molar-refractivity contribution in [3.05, 3.63) is 40.7 Å². The van der Waals surface area contributed by atoms with Crippen LogP contribution >= 0.6 is 15.9 Å². The molecule has 0 aliphatic heterocycles. The van der Waals surface area contributed by atoms with E-state index in [1.54, 1.807) is 18.5 Å². The molecule has 0 bridgehead atoms. The highest BCUT2D eigenvalue weighted by atomic mass is 79.9. The van der Waals surface area contributed by atoms with E-state index in [4.69, 9.17) is 8.94 Å². The molecule has 3 aromatic rings. The van der Waals surface area contributed by atoms with Gasteiger partial charge in [-0.05, 0) is 40.5 Å². The first-order valence-corrected chi connectivity index (χ1v) is 6.04. The van der Waals surface area contributed by atoms with Gasteiger partial charge in [-0.15, -0.1) is 0 Å². The standard InChI is InChI=1S/C12H8BrN3O2/c1-7-3-2-5-14-9(7)11-15-12(18-16-11)10-8(13)4-6-17-10/h2-6H,1H3.